The van der Waals surface area contributed by atoms with E-state index < -0.39 is 0 Å². The molecule has 0 radical (unpaired) electrons. The number of carbonyl (C=O) groups is 1. The van der Waals surface area contributed by atoms with Gasteiger partial charge in [0.2, 0.25) is 0 Å². The van der Waals surface area contributed by atoms with Gasteiger partial charge < -0.3 is 10.1 Å². The van der Waals surface area contributed by atoms with Crippen LogP contribution in [0, 0.1) is 11.8 Å². The van der Waals surface area contributed by atoms with Crippen LogP contribution in [0.1, 0.15) is 37.0 Å². The summed E-state index contributed by atoms with van der Waals surface area (Å²) < 4.78 is 5.74. The van der Waals surface area contributed by atoms with Crippen molar-refractivity contribution in [3.05, 3.63) is 29.0 Å². The van der Waals surface area contributed by atoms with E-state index in [0.29, 0.717) is 35.2 Å². The van der Waals surface area contributed by atoms with E-state index in [1.165, 1.54) is 0 Å². The van der Waals surface area contributed by atoms with Gasteiger partial charge >= 0.3 is 0 Å². The first-order valence-corrected chi connectivity index (χ1v) is 7.45. The van der Waals surface area contributed by atoms with Crippen LogP contribution < -0.4 is 5.32 Å². The number of hydrogen-bond donors (Lipinski definition) is 1. The van der Waals surface area contributed by atoms with Crippen molar-refractivity contribution >= 4 is 17.5 Å². The third-order valence-corrected chi connectivity index (χ3v) is 3.91. The van der Waals surface area contributed by atoms with Crippen molar-refractivity contribution in [2.45, 2.75) is 32.8 Å². The number of ether oxygens (including phenoxy) is 1. The summed E-state index contributed by atoms with van der Waals surface area (Å²) in [4.78, 5) is 15.9. The Labute approximate surface area is 124 Å². The molecule has 1 aliphatic rings. The molecule has 20 heavy (non-hydrogen) atoms. The number of nitrogens with zero attached hydrogens (tertiary/aromatic N) is 1. The zero-order valence-corrected chi connectivity index (χ0v) is 12.7. The molecule has 0 aliphatic carbocycles. The molecule has 0 bridgehead atoms. The first-order chi connectivity index (χ1) is 9.56. The van der Waals surface area contributed by atoms with E-state index in [0.717, 1.165) is 19.4 Å². The van der Waals surface area contributed by atoms with Crippen LogP contribution in [-0.4, -0.2) is 30.1 Å². The molecule has 0 aromatic carbocycles. The zero-order chi connectivity index (χ0) is 14.5. The molecule has 1 aromatic rings. The Balaban J connectivity index is 1.84. The van der Waals surface area contributed by atoms with Crippen LogP contribution in [0.2, 0.25) is 5.15 Å². The molecule has 0 spiro atoms. The number of hydrogen-bond acceptors (Lipinski definition) is 3. The molecule has 2 rings (SSSR count). The Bertz CT molecular complexity index is 465. The quantitative estimate of drug-likeness (QED) is 0.869. The second-order valence-corrected chi connectivity index (χ2v) is 6.01. The summed E-state index contributed by atoms with van der Waals surface area (Å²) in [6, 6.07) is 3.25. The number of rotatable bonds is 4. The average molecular weight is 297 g/mol. The van der Waals surface area contributed by atoms with Crippen LogP contribution in [0.4, 0.5) is 0 Å². The molecular formula is C15H21ClN2O2. The minimum Gasteiger partial charge on any atom is -0.378 e. The molecule has 1 fully saturated rings. The predicted molar refractivity (Wildman–Crippen MR) is 78.9 cm³/mol. The van der Waals surface area contributed by atoms with Gasteiger partial charge in [-0.1, -0.05) is 25.4 Å². The van der Waals surface area contributed by atoms with Crippen LogP contribution in [0.25, 0.3) is 0 Å². The monoisotopic (exact) mass is 296 g/mol. The fraction of sp³-hybridized carbons (Fsp3) is 0.600. The van der Waals surface area contributed by atoms with Gasteiger partial charge in [0.1, 0.15) is 5.15 Å². The Morgan fingerprint density at radius 3 is 3.10 bits per heavy atom. The van der Waals surface area contributed by atoms with Gasteiger partial charge in [-0.25, -0.2) is 4.98 Å². The van der Waals surface area contributed by atoms with Gasteiger partial charge in [-0.05, 0) is 36.8 Å². The van der Waals surface area contributed by atoms with Crippen molar-refractivity contribution in [1.29, 1.82) is 0 Å². The summed E-state index contributed by atoms with van der Waals surface area (Å²) in [5.41, 5.74) is 0.553. The molecule has 1 aromatic heterocycles. The highest BCUT2D eigenvalue weighted by Gasteiger charge is 2.25. The Morgan fingerprint density at radius 2 is 2.40 bits per heavy atom. The topological polar surface area (TPSA) is 51.2 Å². The molecule has 2 atom stereocenters. The Hall–Kier alpha value is -1.13. The smallest absolute Gasteiger partial charge is 0.251 e. The molecular weight excluding hydrogens is 276 g/mol. The lowest BCUT2D eigenvalue weighted by Gasteiger charge is -2.32. The molecule has 1 N–H and O–H groups in total. The first-order valence-electron chi connectivity index (χ1n) is 7.07. The molecule has 1 saturated heterocycles. The Kier molecular flexibility index (Phi) is 5.38. The average Bonchev–Trinajstić information content (AvgIpc) is 2.45. The van der Waals surface area contributed by atoms with Crippen molar-refractivity contribution in [2.24, 2.45) is 11.8 Å². The lowest BCUT2D eigenvalue weighted by atomic mass is 9.90. The largest absolute Gasteiger partial charge is 0.378 e. The predicted octanol–water partition coefficient (Wildman–Crippen LogP) is 2.92. The van der Waals surface area contributed by atoms with Crippen LogP contribution in [-0.2, 0) is 4.74 Å². The van der Waals surface area contributed by atoms with Crippen molar-refractivity contribution < 1.29 is 9.53 Å². The lowest BCUT2D eigenvalue weighted by Crippen LogP contribution is -2.36. The molecule has 5 heteroatoms. The van der Waals surface area contributed by atoms with E-state index in [1.54, 1.807) is 18.3 Å². The van der Waals surface area contributed by atoms with Gasteiger partial charge in [-0.2, -0.15) is 0 Å². The maximum atomic E-state index is 12.0. The second kappa shape index (κ2) is 7.04. The minimum absolute atomic E-state index is 0.0955. The third kappa shape index (κ3) is 4.18. The normalized spacial score (nSPS) is 22.8. The van der Waals surface area contributed by atoms with Gasteiger partial charge in [-0.15, -0.1) is 0 Å². The van der Waals surface area contributed by atoms with Crippen molar-refractivity contribution in [3.63, 3.8) is 0 Å². The highest BCUT2D eigenvalue weighted by Crippen LogP contribution is 2.24. The highest BCUT2D eigenvalue weighted by atomic mass is 35.5. The summed E-state index contributed by atoms with van der Waals surface area (Å²) in [5, 5.41) is 3.31. The number of halogens is 1. The molecule has 110 valence electrons. The van der Waals surface area contributed by atoms with E-state index in [9.17, 15) is 4.79 Å². The Morgan fingerprint density at radius 1 is 1.60 bits per heavy atom. The van der Waals surface area contributed by atoms with E-state index in [4.69, 9.17) is 16.3 Å². The molecule has 0 saturated carbocycles. The molecule has 2 heterocycles. The minimum atomic E-state index is -0.0955. The van der Waals surface area contributed by atoms with Crippen LogP contribution in [0.5, 0.6) is 0 Å². The van der Waals surface area contributed by atoms with Crippen molar-refractivity contribution in [3.8, 4) is 0 Å². The van der Waals surface area contributed by atoms with Crippen LogP contribution in [0.3, 0.4) is 0 Å². The van der Waals surface area contributed by atoms with E-state index in [1.807, 2.05) is 0 Å². The fourth-order valence-electron chi connectivity index (χ4n) is 2.43. The number of carbonyl (C=O) groups excluding carboxylic acids is 1. The molecule has 2 unspecified atom stereocenters. The summed E-state index contributed by atoms with van der Waals surface area (Å²) in [5.74, 6) is 0.909. The summed E-state index contributed by atoms with van der Waals surface area (Å²) >= 11 is 5.78. The van der Waals surface area contributed by atoms with Gasteiger partial charge in [0, 0.05) is 24.9 Å². The third-order valence-electron chi connectivity index (χ3n) is 3.71. The number of amides is 1. The summed E-state index contributed by atoms with van der Waals surface area (Å²) in [6.45, 7) is 5.81. The second-order valence-electron chi connectivity index (χ2n) is 5.62. The maximum Gasteiger partial charge on any atom is 0.251 e. The van der Waals surface area contributed by atoms with Crippen molar-refractivity contribution in [2.75, 3.05) is 13.2 Å². The maximum absolute atomic E-state index is 12.0. The zero-order valence-electron chi connectivity index (χ0n) is 11.9. The number of aromatic nitrogens is 1. The van der Waals surface area contributed by atoms with E-state index >= 15 is 0 Å². The van der Waals surface area contributed by atoms with Gasteiger partial charge in [0.15, 0.2) is 0 Å². The summed E-state index contributed by atoms with van der Waals surface area (Å²) in [7, 11) is 0. The van der Waals surface area contributed by atoms with E-state index in [2.05, 4.69) is 24.1 Å². The van der Waals surface area contributed by atoms with Crippen molar-refractivity contribution in [1.82, 2.24) is 10.3 Å². The SMILES string of the molecule is CC(C)C1CC(CNC(=O)c2ccnc(Cl)c2)CCO1. The van der Waals surface area contributed by atoms with Crippen LogP contribution in [0.15, 0.2) is 18.3 Å². The standard InChI is InChI=1S/C15H21ClN2O2/c1-10(2)13-7-11(4-6-20-13)9-18-15(19)12-3-5-17-14(16)8-12/h3,5,8,10-11,13H,4,6-7,9H2,1-2H3,(H,18,19). The number of nitrogens with one attached hydrogen (secondary N) is 1. The van der Waals surface area contributed by atoms with E-state index in [-0.39, 0.29) is 5.91 Å². The molecule has 1 amide bonds. The lowest BCUT2D eigenvalue weighted by molar-refractivity contribution is -0.0333. The first kappa shape index (κ1) is 15.3. The highest BCUT2D eigenvalue weighted by molar-refractivity contribution is 6.29. The van der Waals surface area contributed by atoms with Gasteiger partial charge in [0.25, 0.3) is 5.91 Å². The number of pyridine rings is 1. The van der Waals surface area contributed by atoms with Gasteiger partial charge in [0.05, 0.1) is 6.10 Å². The van der Waals surface area contributed by atoms with Crippen LogP contribution >= 0.6 is 11.6 Å². The fourth-order valence-corrected chi connectivity index (χ4v) is 2.61. The molecule has 4 nitrogen and oxygen atoms in total. The van der Waals surface area contributed by atoms with Gasteiger partial charge in [-0.3, -0.25) is 4.79 Å². The summed E-state index contributed by atoms with van der Waals surface area (Å²) in [6.07, 6.45) is 3.86. The molecule has 1 aliphatic heterocycles.